The van der Waals surface area contributed by atoms with Crippen LogP contribution in [0.2, 0.25) is 0 Å². The second-order valence-corrected chi connectivity index (χ2v) is 4.58. The summed E-state index contributed by atoms with van der Waals surface area (Å²) in [6.45, 7) is 1.71. The van der Waals surface area contributed by atoms with Crippen LogP contribution < -0.4 is 5.32 Å². The average molecular weight is 240 g/mol. The molecule has 1 rings (SSSR count). The molecule has 0 unspecified atom stereocenters. The second kappa shape index (κ2) is 5.33. The van der Waals surface area contributed by atoms with E-state index in [2.05, 4.69) is 5.32 Å². The molecule has 0 amide bonds. The van der Waals surface area contributed by atoms with E-state index in [4.69, 9.17) is 0 Å². The largest absolute Gasteiger partial charge is 0.390 e. The molecule has 0 atom stereocenters. The smallest absolute Gasteiger partial charge is 0.388 e. The van der Waals surface area contributed by atoms with E-state index in [9.17, 15) is 18.3 Å². The molecule has 0 radical (unpaired) electrons. The maximum atomic E-state index is 12.0. The van der Waals surface area contributed by atoms with Crippen LogP contribution in [-0.4, -0.2) is 55.0 Å². The van der Waals surface area contributed by atoms with Crippen LogP contribution in [0.4, 0.5) is 13.2 Å². The van der Waals surface area contributed by atoms with E-state index in [0.717, 1.165) is 13.1 Å². The minimum Gasteiger partial charge on any atom is -0.388 e. The molecule has 6 heteroatoms. The van der Waals surface area contributed by atoms with E-state index >= 15 is 0 Å². The second-order valence-electron chi connectivity index (χ2n) is 4.58. The van der Waals surface area contributed by atoms with E-state index in [1.54, 1.807) is 11.9 Å². The van der Waals surface area contributed by atoms with Gasteiger partial charge in [0.25, 0.3) is 0 Å². The Hall–Kier alpha value is -0.330. The Morgan fingerprint density at radius 3 is 2.38 bits per heavy atom. The Kier molecular flexibility index (Phi) is 4.58. The minimum absolute atomic E-state index is 0.0563. The maximum absolute atomic E-state index is 12.0. The highest BCUT2D eigenvalue weighted by Gasteiger charge is 2.32. The lowest BCUT2D eigenvalue weighted by Crippen LogP contribution is -2.49. The zero-order valence-corrected chi connectivity index (χ0v) is 9.48. The first-order valence-corrected chi connectivity index (χ1v) is 5.49. The number of likely N-dealkylation sites (N-methyl/N-ethyl adjacent to an activating group) is 1. The molecule has 0 bridgehead atoms. The van der Waals surface area contributed by atoms with Gasteiger partial charge in [0.05, 0.1) is 12.0 Å². The molecule has 96 valence electrons. The zero-order valence-electron chi connectivity index (χ0n) is 9.48. The highest BCUT2D eigenvalue weighted by Crippen LogP contribution is 2.22. The summed E-state index contributed by atoms with van der Waals surface area (Å²) in [6.07, 6.45) is -3.74. The van der Waals surface area contributed by atoms with Gasteiger partial charge in [-0.15, -0.1) is 0 Å². The monoisotopic (exact) mass is 240 g/mol. The van der Waals surface area contributed by atoms with E-state index in [1.807, 2.05) is 0 Å². The van der Waals surface area contributed by atoms with E-state index < -0.39 is 18.2 Å². The third-order valence-corrected chi connectivity index (χ3v) is 2.88. The predicted molar refractivity (Wildman–Crippen MR) is 55.2 cm³/mol. The number of nitrogens with zero attached hydrogens (tertiary/aromatic N) is 1. The summed E-state index contributed by atoms with van der Waals surface area (Å²) in [4.78, 5) is 1.55. The first-order valence-electron chi connectivity index (χ1n) is 5.49. The molecule has 1 aliphatic heterocycles. The number of aliphatic hydroxyl groups is 1. The van der Waals surface area contributed by atoms with Gasteiger partial charge in [-0.25, -0.2) is 0 Å². The Bertz CT molecular complexity index is 215. The van der Waals surface area contributed by atoms with Crippen LogP contribution in [0.3, 0.4) is 0 Å². The van der Waals surface area contributed by atoms with Gasteiger partial charge >= 0.3 is 6.18 Å². The third kappa shape index (κ3) is 5.14. The van der Waals surface area contributed by atoms with Crippen LogP contribution in [0.1, 0.15) is 19.3 Å². The molecule has 1 saturated heterocycles. The molecule has 0 aliphatic carbocycles. The van der Waals surface area contributed by atoms with E-state index in [0.29, 0.717) is 19.4 Å². The molecule has 16 heavy (non-hydrogen) atoms. The van der Waals surface area contributed by atoms with E-state index in [1.165, 1.54) is 0 Å². The van der Waals surface area contributed by atoms with E-state index in [-0.39, 0.29) is 6.54 Å². The topological polar surface area (TPSA) is 35.5 Å². The quantitative estimate of drug-likeness (QED) is 0.769. The first-order chi connectivity index (χ1) is 7.31. The fraction of sp³-hybridized carbons (Fsp3) is 1.00. The van der Waals surface area contributed by atoms with Crippen molar-refractivity contribution in [2.75, 3.05) is 33.2 Å². The molecular weight excluding hydrogens is 221 g/mol. The predicted octanol–water partition coefficient (Wildman–Crippen LogP) is 0.985. The van der Waals surface area contributed by atoms with Gasteiger partial charge in [0.2, 0.25) is 0 Å². The molecular formula is C10H19F3N2O. The van der Waals surface area contributed by atoms with Crippen molar-refractivity contribution < 1.29 is 18.3 Å². The lowest BCUT2D eigenvalue weighted by atomic mass is 9.92. The Morgan fingerprint density at radius 2 is 1.88 bits per heavy atom. The van der Waals surface area contributed by atoms with Gasteiger partial charge in [0.1, 0.15) is 0 Å². The van der Waals surface area contributed by atoms with Crippen LogP contribution in [-0.2, 0) is 0 Å². The van der Waals surface area contributed by atoms with Crippen LogP contribution in [0, 0.1) is 0 Å². The molecule has 0 aromatic carbocycles. The molecule has 0 aromatic heterocycles. The first kappa shape index (κ1) is 13.7. The number of hydrogen-bond acceptors (Lipinski definition) is 3. The Morgan fingerprint density at radius 1 is 1.31 bits per heavy atom. The lowest BCUT2D eigenvalue weighted by Gasteiger charge is -2.36. The van der Waals surface area contributed by atoms with Gasteiger partial charge in [-0.05, 0) is 33.0 Å². The number of hydrogen-bond donors (Lipinski definition) is 2. The lowest BCUT2D eigenvalue weighted by molar-refractivity contribution is -0.139. The normalized spacial score (nSPS) is 21.4. The summed E-state index contributed by atoms with van der Waals surface area (Å²) in [6, 6.07) is 0. The number of piperidine rings is 1. The molecule has 1 heterocycles. The van der Waals surface area contributed by atoms with Gasteiger partial charge in [0.15, 0.2) is 0 Å². The zero-order chi connectivity index (χ0) is 12.2. The number of alkyl halides is 3. The average Bonchev–Trinajstić information content (AvgIpc) is 2.14. The number of halogens is 3. The van der Waals surface area contributed by atoms with Gasteiger partial charge < -0.3 is 15.3 Å². The summed E-state index contributed by atoms with van der Waals surface area (Å²) in [5.74, 6) is 0. The molecule has 0 spiro atoms. The third-order valence-electron chi connectivity index (χ3n) is 2.88. The molecule has 3 nitrogen and oxygen atoms in total. The fourth-order valence-corrected chi connectivity index (χ4v) is 1.95. The van der Waals surface area contributed by atoms with Crippen molar-refractivity contribution in [3.8, 4) is 0 Å². The van der Waals surface area contributed by atoms with Crippen LogP contribution in [0.5, 0.6) is 0 Å². The summed E-state index contributed by atoms with van der Waals surface area (Å²) >= 11 is 0. The molecule has 1 aliphatic rings. The highest BCUT2D eigenvalue weighted by atomic mass is 19.4. The van der Waals surface area contributed by atoms with Crippen molar-refractivity contribution in [2.45, 2.75) is 31.0 Å². The Labute approximate surface area is 93.6 Å². The van der Waals surface area contributed by atoms with Gasteiger partial charge in [-0.3, -0.25) is 0 Å². The van der Waals surface area contributed by atoms with Gasteiger partial charge in [-0.2, -0.15) is 13.2 Å². The number of nitrogens with one attached hydrogen (secondary N) is 1. The highest BCUT2D eigenvalue weighted by molar-refractivity contribution is 4.86. The molecule has 0 aromatic rings. The van der Waals surface area contributed by atoms with Gasteiger partial charge in [-0.1, -0.05) is 0 Å². The van der Waals surface area contributed by atoms with Crippen molar-refractivity contribution in [2.24, 2.45) is 0 Å². The van der Waals surface area contributed by atoms with Crippen molar-refractivity contribution >= 4 is 0 Å². The summed E-state index contributed by atoms with van der Waals surface area (Å²) in [5, 5.41) is 13.2. The van der Waals surface area contributed by atoms with Crippen molar-refractivity contribution in [3.05, 3.63) is 0 Å². The molecule has 2 N–H and O–H groups in total. The standard InChI is InChI=1S/C10H19F3N2O/c1-15(7-4-10(11,12)13)8-9(16)2-5-14-6-3-9/h14,16H,2-8H2,1H3. The molecule has 0 saturated carbocycles. The number of rotatable bonds is 4. The van der Waals surface area contributed by atoms with Crippen LogP contribution in [0.25, 0.3) is 0 Å². The summed E-state index contributed by atoms with van der Waals surface area (Å²) in [5.41, 5.74) is -0.828. The van der Waals surface area contributed by atoms with Crippen molar-refractivity contribution in [3.63, 3.8) is 0 Å². The van der Waals surface area contributed by atoms with Crippen molar-refractivity contribution in [1.29, 1.82) is 0 Å². The molecule has 1 fully saturated rings. The minimum atomic E-state index is -4.12. The SMILES string of the molecule is CN(CCC(F)(F)F)CC1(O)CCNCC1. The fourth-order valence-electron chi connectivity index (χ4n) is 1.95. The Balaban J connectivity index is 2.29. The van der Waals surface area contributed by atoms with Crippen molar-refractivity contribution in [1.82, 2.24) is 10.2 Å². The summed E-state index contributed by atoms with van der Waals surface area (Å²) < 4.78 is 36.0. The van der Waals surface area contributed by atoms with Gasteiger partial charge in [0, 0.05) is 13.1 Å². The van der Waals surface area contributed by atoms with Crippen LogP contribution in [0.15, 0.2) is 0 Å². The maximum Gasteiger partial charge on any atom is 0.390 e. The van der Waals surface area contributed by atoms with Crippen LogP contribution >= 0.6 is 0 Å². The summed E-state index contributed by atoms with van der Waals surface area (Å²) in [7, 11) is 1.62.